The minimum Gasteiger partial charge on any atom is -0.330 e. The molecule has 0 aromatic rings. The first-order valence-corrected chi connectivity index (χ1v) is 6.67. The standard InChI is InChI=1S/C10H22N2S/c1-13-8-7-12-5-2-3-10(9-11)4-6-12/h10H,2-9,11H2,1H3. The lowest BCUT2D eigenvalue weighted by molar-refractivity contribution is 0.298. The summed E-state index contributed by atoms with van der Waals surface area (Å²) in [6.45, 7) is 4.70. The lowest BCUT2D eigenvalue weighted by atomic mass is 10.0. The van der Waals surface area contributed by atoms with Crippen molar-refractivity contribution in [3.8, 4) is 0 Å². The molecule has 13 heavy (non-hydrogen) atoms. The van der Waals surface area contributed by atoms with Crippen LogP contribution in [0.2, 0.25) is 0 Å². The van der Waals surface area contributed by atoms with E-state index in [0.29, 0.717) is 0 Å². The summed E-state index contributed by atoms with van der Waals surface area (Å²) >= 11 is 1.94. The minimum absolute atomic E-state index is 0.791. The Hall–Kier alpha value is 0.270. The van der Waals surface area contributed by atoms with Crippen LogP contribution < -0.4 is 5.73 Å². The number of nitrogens with two attached hydrogens (primary N) is 1. The molecule has 1 aliphatic heterocycles. The van der Waals surface area contributed by atoms with E-state index in [9.17, 15) is 0 Å². The van der Waals surface area contributed by atoms with E-state index >= 15 is 0 Å². The molecule has 1 rings (SSSR count). The van der Waals surface area contributed by atoms with Gasteiger partial charge in [0.15, 0.2) is 0 Å². The van der Waals surface area contributed by atoms with E-state index in [-0.39, 0.29) is 0 Å². The molecule has 0 aromatic heterocycles. The summed E-state index contributed by atoms with van der Waals surface area (Å²) < 4.78 is 0. The number of hydrogen-bond donors (Lipinski definition) is 1. The van der Waals surface area contributed by atoms with E-state index in [1.807, 2.05) is 11.8 Å². The Labute approximate surface area is 86.2 Å². The Morgan fingerprint density at radius 2 is 2.23 bits per heavy atom. The van der Waals surface area contributed by atoms with Crippen molar-refractivity contribution in [3.63, 3.8) is 0 Å². The molecule has 0 bridgehead atoms. The first-order chi connectivity index (χ1) is 6.36. The molecule has 3 heteroatoms. The van der Waals surface area contributed by atoms with Crippen molar-refractivity contribution < 1.29 is 0 Å². The highest BCUT2D eigenvalue weighted by Crippen LogP contribution is 2.16. The molecule has 0 aliphatic carbocycles. The van der Waals surface area contributed by atoms with Crippen LogP contribution in [0.1, 0.15) is 19.3 Å². The fourth-order valence-corrected chi connectivity index (χ4v) is 2.35. The lowest BCUT2D eigenvalue weighted by Crippen LogP contribution is -2.27. The zero-order valence-corrected chi connectivity index (χ0v) is 9.48. The molecule has 1 fully saturated rings. The van der Waals surface area contributed by atoms with E-state index in [1.165, 1.54) is 44.6 Å². The van der Waals surface area contributed by atoms with Gasteiger partial charge in [-0.1, -0.05) is 0 Å². The fraction of sp³-hybridized carbons (Fsp3) is 1.00. The molecule has 1 heterocycles. The molecule has 0 radical (unpaired) electrons. The second-order valence-electron chi connectivity index (χ2n) is 3.87. The molecule has 0 amide bonds. The Balaban J connectivity index is 2.19. The van der Waals surface area contributed by atoms with E-state index in [4.69, 9.17) is 5.73 Å². The van der Waals surface area contributed by atoms with Crippen molar-refractivity contribution in [1.29, 1.82) is 0 Å². The molecule has 1 unspecified atom stereocenters. The van der Waals surface area contributed by atoms with E-state index in [1.54, 1.807) is 0 Å². The van der Waals surface area contributed by atoms with E-state index in [0.717, 1.165) is 12.5 Å². The number of likely N-dealkylation sites (tertiary alicyclic amines) is 1. The number of nitrogens with zero attached hydrogens (tertiary/aromatic N) is 1. The number of rotatable bonds is 4. The summed E-state index contributed by atoms with van der Waals surface area (Å²) in [5.74, 6) is 2.06. The average molecular weight is 202 g/mol. The quantitative estimate of drug-likeness (QED) is 0.747. The van der Waals surface area contributed by atoms with Crippen LogP contribution >= 0.6 is 11.8 Å². The highest BCUT2D eigenvalue weighted by Gasteiger charge is 2.14. The van der Waals surface area contributed by atoms with Gasteiger partial charge in [0.1, 0.15) is 0 Å². The molecule has 1 atom stereocenters. The largest absolute Gasteiger partial charge is 0.330 e. The van der Waals surface area contributed by atoms with Crippen LogP contribution in [0.15, 0.2) is 0 Å². The predicted octanol–water partition coefficient (Wildman–Crippen LogP) is 1.41. The second kappa shape index (κ2) is 6.68. The lowest BCUT2D eigenvalue weighted by Gasteiger charge is -2.19. The van der Waals surface area contributed by atoms with Gasteiger partial charge in [0.05, 0.1) is 0 Å². The molecule has 1 saturated heterocycles. The Morgan fingerprint density at radius 3 is 2.92 bits per heavy atom. The third kappa shape index (κ3) is 4.34. The molecule has 0 saturated carbocycles. The van der Waals surface area contributed by atoms with Crippen LogP contribution in [-0.2, 0) is 0 Å². The van der Waals surface area contributed by atoms with Crippen LogP contribution in [0.3, 0.4) is 0 Å². The van der Waals surface area contributed by atoms with Gasteiger partial charge in [-0.05, 0) is 51.1 Å². The van der Waals surface area contributed by atoms with Crippen molar-refractivity contribution in [2.75, 3.05) is 38.2 Å². The van der Waals surface area contributed by atoms with Crippen LogP contribution in [0.4, 0.5) is 0 Å². The zero-order valence-electron chi connectivity index (χ0n) is 8.67. The van der Waals surface area contributed by atoms with Crippen LogP contribution in [0, 0.1) is 5.92 Å². The first-order valence-electron chi connectivity index (χ1n) is 5.28. The average Bonchev–Trinajstić information content (AvgIpc) is 2.39. The summed E-state index contributed by atoms with van der Waals surface area (Å²) in [4.78, 5) is 2.59. The Morgan fingerprint density at radius 1 is 1.38 bits per heavy atom. The van der Waals surface area contributed by atoms with Gasteiger partial charge < -0.3 is 10.6 Å². The maximum atomic E-state index is 5.70. The molecule has 0 spiro atoms. The van der Waals surface area contributed by atoms with Gasteiger partial charge in [0, 0.05) is 12.3 Å². The summed E-state index contributed by atoms with van der Waals surface area (Å²) in [7, 11) is 0. The molecular formula is C10H22N2S. The molecule has 2 nitrogen and oxygen atoms in total. The van der Waals surface area contributed by atoms with Gasteiger partial charge in [0.25, 0.3) is 0 Å². The van der Waals surface area contributed by atoms with Crippen molar-refractivity contribution in [1.82, 2.24) is 4.90 Å². The number of hydrogen-bond acceptors (Lipinski definition) is 3. The minimum atomic E-state index is 0.791. The third-order valence-corrected chi connectivity index (χ3v) is 3.48. The molecule has 1 aliphatic rings. The Bertz CT molecular complexity index is 130. The molecule has 0 aromatic carbocycles. The third-order valence-electron chi connectivity index (χ3n) is 2.89. The monoisotopic (exact) mass is 202 g/mol. The van der Waals surface area contributed by atoms with Gasteiger partial charge in [-0.25, -0.2) is 0 Å². The van der Waals surface area contributed by atoms with Gasteiger partial charge in [0.2, 0.25) is 0 Å². The summed E-state index contributed by atoms with van der Waals surface area (Å²) in [6, 6.07) is 0. The topological polar surface area (TPSA) is 29.3 Å². The highest BCUT2D eigenvalue weighted by molar-refractivity contribution is 7.98. The van der Waals surface area contributed by atoms with Crippen molar-refractivity contribution in [2.45, 2.75) is 19.3 Å². The summed E-state index contributed by atoms with van der Waals surface area (Å²) in [6.07, 6.45) is 6.17. The smallest absolute Gasteiger partial charge is 0.00722 e. The summed E-state index contributed by atoms with van der Waals surface area (Å²) in [5.41, 5.74) is 5.70. The maximum Gasteiger partial charge on any atom is 0.00722 e. The maximum absolute atomic E-state index is 5.70. The molecular weight excluding hydrogens is 180 g/mol. The summed E-state index contributed by atoms with van der Waals surface area (Å²) in [5, 5.41) is 0. The predicted molar refractivity (Wildman–Crippen MR) is 61.2 cm³/mol. The molecule has 2 N–H and O–H groups in total. The van der Waals surface area contributed by atoms with Crippen molar-refractivity contribution in [3.05, 3.63) is 0 Å². The highest BCUT2D eigenvalue weighted by atomic mass is 32.2. The van der Waals surface area contributed by atoms with E-state index in [2.05, 4.69) is 11.2 Å². The van der Waals surface area contributed by atoms with Gasteiger partial charge in [-0.15, -0.1) is 0 Å². The van der Waals surface area contributed by atoms with Crippen LogP contribution in [-0.4, -0.2) is 43.1 Å². The fourth-order valence-electron chi connectivity index (χ4n) is 1.90. The van der Waals surface area contributed by atoms with Crippen LogP contribution in [0.25, 0.3) is 0 Å². The van der Waals surface area contributed by atoms with Gasteiger partial charge in [-0.2, -0.15) is 11.8 Å². The second-order valence-corrected chi connectivity index (χ2v) is 4.85. The Kier molecular flexibility index (Phi) is 5.83. The van der Waals surface area contributed by atoms with Gasteiger partial charge in [-0.3, -0.25) is 0 Å². The SMILES string of the molecule is CSCCN1CCCC(CN)CC1. The van der Waals surface area contributed by atoms with E-state index < -0.39 is 0 Å². The molecule has 78 valence electrons. The van der Waals surface area contributed by atoms with Crippen molar-refractivity contribution in [2.24, 2.45) is 11.7 Å². The normalized spacial score (nSPS) is 25.8. The number of thioether (sulfide) groups is 1. The zero-order chi connectivity index (χ0) is 9.52. The van der Waals surface area contributed by atoms with Crippen LogP contribution in [0.5, 0.6) is 0 Å². The van der Waals surface area contributed by atoms with Crippen molar-refractivity contribution >= 4 is 11.8 Å². The first kappa shape index (κ1) is 11.3. The van der Waals surface area contributed by atoms with Gasteiger partial charge >= 0.3 is 0 Å².